The molecule has 1 N–H and O–H groups in total. The number of imidazole rings is 1. The lowest BCUT2D eigenvalue weighted by atomic mass is 9.88. The Morgan fingerprint density at radius 3 is 2.46 bits per heavy atom. The Morgan fingerprint density at radius 2 is 1.83 bits per heavy atom. The minimum absolute atomic E-state index is 0.144. The predicted molar refractivity (Wildman–Crippen MR) is 139 cm³/mol. The minimum Gasteiger partial charge on any atom is -0.354 e. The number of sulfonamides is 1. The topological polar surface area (TPSA) is 83.9 Å². The molecule has 1 saturated heterocycles. The van der Waals surface area contributed by atoms with Crippen LogP contribution in [-0.2, 0) is 17.1 Å². The van der Waals surface area contributed by atoms with Crippen LogP contribution in [0.5, 0.6) is 0 Å². The third-order valence-corrected chi connectivity index (χ3v) is 9.01. The van der Waals surface area contributed by atoms with E-state index in [0.29, 0.717) is 30.7 Å². The lowest BCUT2D eigenvalue weighted by Crippen LogP contribution is -2.38. The zero-order valence-corrected chi connectivity index (χ0v) is 21.9. The van der Waals surface area contributed by atoms with Crippen LogP contribution in [0.1, 0.15) is 61.2 Å². The molecule has 4 heterocycles. The van der Waals surface area contributed by atoms with Gasteiger partial charge in [-0.2, -0.15) is 4.31 Å². The van der Waals surface area contributed by atoms with Gasteiger partial charge >= 0.3 is 0 Å². The molecule has 0 saturated carbocycles. The zero-order chi connectivity index (χ0) is 24.9. The highest BCUT2D eigenvalue weighted by molar-refractivity contribution is 7.89. The maximum Gasteiger partial charge on any atom is 0.262 e. The van der Waals surface area contributed by atoms with E-state index in [-0.39, 0.29) is 5.03 Å². The van der Waals surface area contributed by atoms with Crippen molar-refractivity contribution in [3.8, 4) is 11.3 Å². The first-order chi connectivity index (χ1) is 16.6. The Bertz CT molecular complexity index is 1470. The fourth-order valence-corrected chi connectivity index (χ4v) is 6.72. The molecular weight excluding hydrogens is 458 g/mol. The van der Waals surface area contributed by atoms with Gasteiger partial charge in [0.15, 0.2) is 5.03 Å². The third kappa shape index (κ3) is 4.29. The number of nitrogens with zero attached hydrogens (tertiary/aromatic N) is 4. The van der Waals surface area contributed by atoms with Gasteiger partial charge in [-0.1, -0.05) is 19.9 Å². The van der Waals surface area contributed by atoms with Crippen LogP contribution in [0.25, 0.3) is 22.2 Å². The van der Waals surface area contributed by atoms with Crippen molar-refractivity contribution >= 4 is 20.9 Å². The van der Waals surface area contributed by atoms with E-state index in [1.165, 1.54) is 16.5 Å². The molecule has 1 fully saturated rings. The average Bonchev–Trinajstić information content (AvgIpc) is 3.39. The molecule has 0 aliphatic carbocycles. The molecule has 1 aliphatic rings. The van der Waals surface area contributed by atoms with Gasteiger partial charge in [0.25, 0.3) is 10.0 Å². The summed E-state index contributed by atoms with van der Waals surface area (Å²) in [6, 6.07) is 10.9. The molecule has 0 radical (unpaired) electrons. The first-order valence-electron chi connectivity index (χ1n) is 12.2. The second kappa shape index (κ2) is 8.91. The quantitative estimate of drug-likeness (QED) is 0.412. The van der Waals surface area contributed by atoms with E-state index in [1.807, 2.05) is 27.1 Å². The van der Waals surface area contributed by atoms with E-state index in [2.05, 4.69) is 59.1 Å². The first-order valence-corrected chi connectivity index (χ1v) is 13.7. The van der Waals surface area contributed by atoms with Gasteiger partial charge in [0, 0.05) is 54.7 Å². The third-order valence-electron chi connectivity index (χ3n) is 7.24. The second-order valence-corrected chi connectivity index (χ2v) is 11.9. The van der Waals surface area contributed by atoms with Crippen LogP contribution >= 0.6 is 0 Å². The van der Waals surface area contributed by atoms with Crippen molar-refractivity contribution < 1.29 is 8.42 Å². The van der Waals surface area contributed by atoms with Crippen LogP contribution < -0.4 is 0 Å². The van der Waals surface area contributed by atoms with Gasteiger partial charge in [-0.3, -0.25) is 4.98 Å². The van der Waals surface area contributed by atoms with Gasteiger partial charge in [-0.15, -0.1) is 0 Å². The maximum atomic E-state index is 13.1. The van der Waals surface area contributed by atoms with Crippen molar-refractivity contribution in [2.75, 3.05) is 13.1 Å². The molecule has 4 aromatic rings. The summed E-state index contributed by atoms with van der Waals surface area (Å²) in [4.78, 5) is 12.3. The van der Waals surface area contributed by atoms with Gasteiger partial charge in [0.2, 0.25) is 0 Å². The van der Waals surface area contributed by atoms with Crippen molar-refractivity contribution in [2.45, 2.75) is 57.4 Å². The Labute approximate surface area is 207 Å². The predicted octanol–water partition coefficient (Wildman–Crippen LogP) is 5.27. The van der Waals surface area contributed by atoms with E-state index >= 15 is 0 Å². The molecule has 0 amide bonds. The number of aromatic amines is 1. The normalized spacial score (nSPS) is 15.9. The summed E-state index contributed by atoms with van der Waals surface area (Å²) in [5.41, 5.74) is 7.04. The van der Waals surface area contributed by atoms with Gasteiger partial charge in [-0.05, 0) is 73.9 Å². The molecule has 1 aliphatic heterocycles. The molecule has 0 unspecified atom stereocenters. The van der Waals surface area contributed by atoms with E-state index in [9.17, 15) is 8.42 Å². The molecule has 0 bridgehead atoms. The van der Waals surface area contributed by atoms with Crippen LogP contribution in [0.3, 0.4) is 0 Å². The van der Waals surface area contributed by atoms with Crippen LogP contribution in [0.15, 0.2) is 47.8 Å². The number of nitrogens with one attached hydrogen (secondary N) is 1. The summed E-state index contributed by atoms with van der Waals surface area (Å²) in [6.07, 6.45) is 5.06. The summed E-state index contributed by atoms with van der Waals surface area (Å²) in [5.74, 6) is 1.38. The van der Waals surface area contributed by atoms with Crippen LogP contribution in [0.2, 0.25) is 0 Å². The molecule has 184 valence electrons. The van der Waals surface area contributed by atoms with Gasteiger partial charge in [-0.25, -0.2) is 13.4 Å². The van der Waals surface area contributed by atoms with Crippen LogP contribution in [0, 0.1) is 13.8 Å². The number of piperidine rings is 1. The van der Waals surface area contributed by atoms with Crippen LogP contribution in [-0.4, -0.2) is 45.3 Å². The van der Waals surface area contributed by atoms with Crippen molar-refractivity contribution in [2.24, 2.45) is 7.05 Å². The largest absolute Gasteiger partial charge is 0.354 e. The van der Waals surface area contributed by atoms with Gasteiger partial charge in [0.1, 0.15) is 5.82 Å². The molecule has 0 atom stereocenters. The number of pyridine rings is 1. The molecule has 35 heavy (non-hydrogen) atoms. The molecule has 5 rings (SSSR count). The zero-order valence-electron chi connectivity index (χ0n) is 21.0. The van der Waals surface area contributed by atoms with Crippen molar-refractivity contribution in [1.82, 2.24) is 23.8 Å². The number of aryl methyl sites for hydroxylation is 3. The van der Waals surface area contributed by atoms with E-state index in [1.54, 1.807) is 15.1 Å². The summed E-state index contributed by atoms with van der Waals surface area (Å²) in [7, 11) is -1.74. The number of aromatic nitrogens is 4. The lowest BCUT2D eigenvalue weighted by Gasteiger charge is -2.31. The smallest absolute Gasteiger partial charge is 0.262 e. The standard InChI is InChI=1S/C27H33N5O2S/c1-17(2)26-23-15-21(6-7-24(23)30-27(26)22-8-11-28-18(3)14-22)20-9-12-32(13-10-20)35(33,34)25-16-31(5)19(4)29-25/h6-8,11,14-17,20,30H,9-10,12-13H2,1-5H3. The highest BCUT2D eigenvalue weighted by Crippen LogP contribution is 2.38. The number of hydrogen-bond donors (Lipinski definition) is 1. The summed E-state index contributed by atoms with van der Waals surface area (Å²) in [5, 5.41) is 1.39. The monoisotopic (exact) mass is 491 g/mol. The Morgan fingerprint density at radius 1 is 1.09 bits per heavy atom. The molecule has 0 spiro atoms. The van der Waals surface area contributed by atoms with Crippen molar-refractivity contribution in [1.29, 1.82) is 0 Å². The van der Waals surface area contributed by atoms with Gasteiger partial charge in [0.05, 0.1) is 5.69 Å². The fraction of sp³-hybridized carbons (Fsp3) is 0.407. The highest BCUT2D eigenvalue weighted by Gasteiger charge is 2.32. The SMILES string of the molecule is Cc1cc(-c2[nH]c3ccc(C4CCN(S(=O)(=O)c5cn(C)c(C)n5)CC4)cc3c2C(C)C)ccn1. The summed E-state index contributed by atoms with van der Waals surface area (Å²) in [6.45, 7) is 9.31. The number of rotatable bonds is 5. The summed E-state index contributed by atoms with van der Waals surface area (Å²) < 4.78 is 29.5. The van der Waals surface area contributed by atoms with E-state index in [0.717, 1.165) is 35.3 Å². The first kappa shape index (κ1) is 23.8. The molecule has 8 heteroatoms. The molecular formula is C27H33N5O2S. The number of H-pyrrole nitrogens is 1. The number of fused-ring (bicyclic) bond motifs is 1. The molecule has 7 nitrogen and oxygen atoms in total. The molecule has 1 aromatic carbocycles. The fourth-order valence-electron chi connectivity index (χ4n) is 5.23. The second-order valence-electron chi connectivity index (χ2n) is 9.97. The Balaban J connectivity index is 1.42. The van der Waals surface area contributed by atoms with Gasteiger partial charge < -0.3 is 9.55 Å². The Hall–Kier alpha value is -2.97. The summed E-state index contributed by atoms with van der Waals surface area (Å²) >= 11 is 0. The minimum atomic E-state index is -3.56. The maximum absolute atomic E-state index is 13.1. The van der Waals surface area contributed by atoms with E-state index in [4.69, 9.17) is 0 Å². The van der Waals surface area contributed by atoms with Crippen LogP contribution in [0.4, 0.5) is 0 Å². The number of hydrogen-bond acceptors (Lipinski definition) is 4. The lowest BCUT2D eigenvalue weighted by molar-refractivity contribution is 0.319. The average molecular weight is 492 g/mol. The highest BCUT2D eigenvalue weighted by atomic mass is 32.2. The number of benzene rings is 1. The molecule has 3 aromatic heterocycles. The Kier molecular flexibility index (Phi) is 6.05. The van der Waals surface area contributed by atoms with Crippen molar-refractivity contribution in [3.05, 3.63) is 65.4 Å². The van der Waals surface area contributed by atoms with Crippen molar-refractivity contribution in [3.63, 3.8) is 0 Å². The van der Waals surface area contributed by atoms with E-state index < -0.39 is 10.0 Å².